The molecular formula is C6H10Na2O6. The Balaban J connectivity index is -0.0000000625. The first kappa shape index (κ1) is 24.2. The summed E-state index contributed by atoms with van der Waals surface area (Å²) in [5.41, 5.74) is 0. The van der Waals surface area contributed by atoms with Crippen LogP contribution in [0.2, 0.25) is 0 Å². The largest absolute Gasteiger partial charge is 1.00 e. The van der Waals surface area contributed by atoms with Crippen molar-refractivity contribution in [3.63, 3.8) is 0 Å². The number of aliphatic carboxylic acids is 2. The summed E-state index contributed by atoms with van der Waals surface area (Å²) in [7, 11) is 0. The van der Waals surface area contributed by atoms with Gasteiger partial charge in [0.25, 0.3) is 0 Å². The Bertz CT molecular complexity index is 140. The third-order valence-electron chi connectivity index (χ3n) is 0.682. The molecule has 6 nitrogen and oxygen atoms in total. The van der Waals surface area contributed by atoms with Crippen molar-refractivity contribution >= 4 is 11.9 Å². The molecule has 72 valence electrons. The molecule has 0 aliphatic carbocycles. The molecule has 0 radical (unpaired) electrons. The van der Waals surface area contributed by atoms with Gasteiger partial charge in [-0.05, 0) is 13.8 Å². The molecule has 2 atom stereocenters. The first-order valence-electron chi connectivity index (χ1n) is 3.06. The van der Waals surface area contributed by atoms with Crippen LogP contribution in [-0.2, 0) is 9.59 Å². The molecule has 0 aromatic rings. The number of hydrogen-bond donors (Lipinski definition) is 2. The van der Waals surface area contributed by atoms with Crippen molar-refractivity contribution in [1.29, 1.82) is 0 Å². The zero-order valence-corrected chi connectivity index (χ0v) is 12.7. The van der Waals surface area contributed by atoms with Crippen molar-refractivity contribution in [2.75, 3.05) is 0 Å². The van der Waals surface area contributed by atoms with E-state index in [0.717, 1.165) is 13.8 Å². The molecule has 0 spiro atoms. The molecule has 0 amide bonds. The van der Waals surface area contributed by atoms with Gasteiger partial charge in [0.05, 0.1) is 24.1 Å². The topological polar surface area (TPSA) is 121 Å². The fourth-order valence-corrected chi connectivity index (χ4v) is 0. The van der Waals surface area contributed by atoms with Gasteiger partial charge in [-0.25, -0.2) is 0 Å². The fourth-order valence-electron chi connectivity index (χ4n) is 0. The minimum atomic E-state index is -1.44. The van der Waals surface area contributed by atoms with E-state index in [1.165, 1.54) is 0 Å². The van der Waals surface area contributed by atoms with Crippen LogP contribution >= 0.6 is 0 Å². The monoisotopic (exact) mass is 224 g/mol. The zero-order valence-electron chi connectivity index (χ0n) is 8.68. The normalized spacial score (nSPS) is 11.7. The number of carbonyl (C=O) groups is 2. The van der Waals surface area contributed by atoms with Gasteiger partial charge in [-0.3, -0.25) is 0 Å². The van der Waals surface area contributed by atoms with Gasteiger partial charge in [0.1, 0.15) is 0 Å². The number of rotatable bonds is 2. The van der Waals surface area contributed by atoms with Crippen LogP contribution in [-0.4, -0.2) is 34.4 Å². The van der Waals surface area contributed by atoms with E-state index in [1.54, 1.807) is 0 Å². The summed E-state index contributed by atoms with van der Waals surface area (Å²) >= 11 is 0. The summed E-state index contributed by atoms with van der Waals surface area (Å²) in [6, 6.07) is 0. The van der Waals surface area contributed by atoms with Crippen LogP contribution in [0, 0.1) is 0 Å². The summed E-state index contributed by atoms with van der Waals surface area (Å²) < 4.78 is 0. The number of aliphatic hydroxyl groups excluding tert-OH is 2. The fraction of sp³-hybridized carbons (Fsp3) is 0.667. The Labute approximate surface area is 126 Å². The maximum atomic E-state index is 9.34. The maximum Gasteiger partial charge on any atom is 1.00 e. The molecule has 0 aliphatic heterocycles. The van der Waals surface area contributed by atoms with Crippen LogP contribution in [0.4, 0.5) is 0 Å². The molecule has 2 N–H and O–H groups in total. The first-order valence-corrected chi connectivity index (χ1v) is 3.06. The Hall–Kier alpha value is 0.860. The number of aliphatic hydroxyl groups is 2. The molecule has 0 aromatic heterocycles. The molecule has 0 bridgehead atoms. The summed E-state index contributed by atoms with van der Waals surface area (Å²) in [4.78, 5) is 18.7. The summed E-state index contributed by atoms with van der Waals surface area (Å²) in [5.74, 6) is -2.87. The SMILES string of the molecule is CC(O)C(=O)[O-].CC(O)C(=O)[O-].[Na+].[Na+]. The van der Waals surface area contributed by atoms with E-state index >= 15 is 0 Å². The molecule has 0 saturated carbocycles. The summed E-state index contributed by atoms with van der Waals surface area (Å²) in [6.45, 7) is 2.27. The minimum Gasteiger partial charge on any atom is -0.547 e. The van der Waals surface area contributed by atoms with E-state index < -0.39 is 24.1 Å². The standard InChI is InChI=1S/2C3H6O3.2Na/c2*1-2(4)3(5)6;;/h2*2,4H,1H3,(H,5,6);;/q;;2*+1/p-2. The smallest absolute Gasteiger partial charge is 0.547 e. The molecule has 0 saturated heterocycles. The van der Waals surface area contributed by atoms with E-state index in [1.807, 2.05) is 0 Å². The maximum absolute atomic E-state index is 9.34. The third-order valence-corrected chi connectivity index (χ3v) is 0.682. The average molecular weight is 224 g/mol. The molecular weight excluding hydrogens is 214 g/mol. The Kier molecular flexibility index (Phi) is 24.0. The van der Waals surface area contributed by atoms with E-state index in [2.05, 4.69) is 0 Å². The second-order valence-corrected chi connectivity index (χ2v) is 1.99. The van der Waals surface area contributed by atoms with E-state index in [4.69, 9.17) is 10.2 Å². The van der Waals surface area contributed by atoms with Crippen LogP contribution < -0.4 is 69.3 Å². The number of carboxylic acid groups (broad SMARTS) is 2. The molecule has 0 fully saturated rings. The molecule has 0 rings (SSSR count). The van der Waals surface area contributed by atoms with Gasteiger partial charge < -0.3 is 30.0 Å². The molecule has 2 unspecified atom stereocenters. The van der Waals surface area contributed by atoms with Gasteiger partial charge >= 0.3 is 59.1 Å². The zero-order chi connectivity index (χ0) is 10.3. The van der Waals surface area contributed by atoms with Crippen molar-refractivity contribution in [2.45, 2.75) is 26.1 Å². The van der Waals surface area contributed by atoms with Crippen LogP contribution in [0.5, 0.6) is 0 Å². The quantitative estimate of drug-likeness (QED) is 0.449. The molecule has 0 aliphatic rings. The van der Waals surface area contributed by atoms with Crippen molar-refractivity contribution in [2.24, 2.45) is 0 Å². The number of carbonyl (C=O) groups excluding carboxylic acids is 2. The van der Waals surface area contributed by atoms with Gasteiger partial charge in [0.2, 0.25) is 0 Å². The number of hydrogen-bond acceptors (Lipinski definition) is 6. The molecule has 8 heteroatoms. The van der Waals surface area contributed by atoms with Crippen molar-refractivity contribution in [3.8, 4) is 0 Å². The average Bonchev–Trinajstić information content (AvgIpc) is 1.88. The van der Waals surface area contributed by atoms with Gasteiger partial charge in [-0.1, -0.05) is 0 Å². The van der Waals surface area contributed by atoms with E-state index in [0.29, 0.717) is 0 Å². The third kappa shape index (κ3) is 23.0. The second-order valence-electron chi connectivity index (χ2n) is 1.99. The van der Waals surface area contributed by atoms with Gasteiger partial charge in [0.15, 0.2) is 0 Å². The van der Waals surface area contributed by atoms with Crippen molar-refractivity contribution < 1.29 is 89.1 Å². The summed E-state index contributed by atoms with van der Waals surface area (Å²) in [5, 5.41) is 34.6. The first-order chi connectivity index (χ1) is 5.29. The molecule has 14 heavy (non-hydrogen) atoms. The molecule has 0 aromatic carbocycles. The predicted octanol–water partition coefficient (Wildman–Crippen LogP) is -9.76. The van der Waals surface area contributed by atoms with E-state index in [9.17, 15) is 19.8 Å². The van der Waals surface area contributed by atoms with Crippen molar-refractivity contribution in [3.05, 3.63) is 0 Å². The second kappa shape index (κ2) is 13.9. The Morgan fingerprint density at radius 3 is 1.00 bits per heavy atom. The number of carboxylic acids is 2. The van der Waals surface area contributed by atoms with Crippen molar-refractivity contribution in [1.82, 2.24) is 0 Å². The predicted molar refractivity (Wildman–Crippen MR) is 33.4 cm³/mol. The van der Waals surface area contributed by atoms with Crippen LogP contribution in [0.3, 0.4) is 0 Å². The van der Waals surface area contributed by atoms with E-state index in [-0.39, 0.29) is 59.1 Å². The minimum absolute atomic E-state index is 0. The van der Waals surface area contributed by atoms with Gasteiger partial charge in [-0.15, -0.1) is 0 Å². The molecule has 0 heterocycles. The Morgan fingerprint density at radius 1 is 0.929 bits per heavy atom. The van der Waals surface area contributed by atoms with Crippen LogP contribution in [0.1, 0.15) is 13.8 Å². The Morgan fingerprint density at radius 2 is 1.00 bits per heavy atom. The summed E-state index contributed by atoms with van der Waals surface area (Å²) in [6.07, 6.45) is -2.69. The van der Waals surface area contributed by atoms with Gasteiger partial charge in [0, 0.05) is 0 Å². The van der Waals surface area contributed by atoms with Crippen LogP contribution in [0.15, 0.2) is 0 Å². The van der Waals surface area contributed by atoms with Crippen LogP contribution in [0.25, 0.3) is 0 Å². The van der Waals surface area contributed by atoms with Gasteiger partial charge in [-0.2, -0.15) is 0 Å².